The smallest absolute Gasteiger partial charge is 0.260 e. The predicted octanol–water partition coefficient (Wildman–Crippen LogP) is 1.16. The molecule has 2 saturated heterocycles. The minimum atomic E-state index is -0.792. The largest absolute Gasteiger partial charge is 0.481 e. The Labute approximate surface area is 115 Å². The van der Waals surface area contributed by atoms with Crippen molar-refractivity contribution in [1.29, 1.82) is 0 Å². The number of nitrogens with zero attached hydrogens (tertiary/aromatic N) is 1. The van der Waals surface area contributed by atoms with Gasteiger partial charge in [0.05, 0.1) is 0 Å². The fourth-order valence-corrected chi connectivity index (χ4v) is 2.97. The van der Waals surface area contributed by atoms with Gasteiger partial charge in [0.15, 0.2) is 18.2 Å². The summed E-state index contributed by atoms with van der Waals surface area (Å²) in [5.74, 6) is -1.19. The lowest BCUT2D eigenvalue weighted by atomic mass is 10.1. The summed E-state index contributed by atoms with van der Waals surface area (Å²) in [6.45, 7) is 2.26. The zero-order valence-corrected chi connectivity index (χ0v) is 10.9. The Balaban J connectivity index is 1.59. The summed E-state index contributed by atoms with van der Waals surface area (Å²) in [6, 6.07) is 3.27. The molecule has 4 nitrogen and oxygen atoms in total. The van der Waals surface area contributed by atoms with E-state index in [0.29, 0.717) is 5.92 Å². The monoisotopic (exact) mass is 282 g/mol. The summed E-state index contributed by atoms with van der Waals surface area (Å²) in [6.07, 6.45) is 0.994. The molecule has 2 atom stereocenters. The van der Waals surface area contributed by atoms with Gasteiger partial charge in [-0.05, 0) is 24.5 Å². The molecular weight excluding hydrogens is 266 g/mol. The molecule has 1 aromatic carbocycles. The number of likely N-dealkylation sites (tertiary alicyclic amines) is 1. The lowest BCUT2D eigenvalue weighted by Crippen LogP contribution is -2.41. The fourth-order valence-electron chi connectivity index (χ4n) is 2.97. The van der Waals surface area contributed by atoms with Gasteiger partial charge in [-0.3, -0.25) is 4.79 Å². The van der Waals surface area contributed by atoms with Crippen LogP contribution in [0.5, 0.6) is 5.75 Å². The third kappa shape index (κ3) is 2.47. The molecule has 2 aliphatic heterocycles. The summed E-state index contributed by atoms with van der Waals surface area (Å²) in [4.78, 5) is 13.9. The van der Waals surface area contributed by atoms with Crippen LogP contribution in [0.1, 0.15) is 6.42 Å². The van der Waals surface area contributed by atoms with E-state index in [4.69, 9.17) is 4.74 Å². The van der Waals surface area contributed by atoms with E-state index >= 15 is 0 Å². The second-order valence-electron chi connectivity index (χ2n) is 5.22. The van der Waals surface area contributed by atoms with Crippen molar-refractivity contribution in [1.82, 2.24) is 10.2 Å². The molecule has 0 bridgehead atoms. The van der Waals surface area contributed by atoms with Gasteiger partial charge in [-0.1, -0.05) is 0 Å². The van der Waals surface area contributed by atoms with Crippen molar-refractivity contribution >= 4 is 5.91 Å². The van der Waals surface area contributed by atoms with Crippen LogP contribution in [0.3, 0.4) is 0 Å². The first kappa shape index (κ1) is 13.3. The van der Waals surface area contributed by atoms with E-state index in [-0.39, 0.29) is 24.3 Å². The van der Waals surface area contributed by atoms with E-state index < -0.39 is 11.6 Å². The molecule has 0 saturated carbocycles. The van der Waals surface area contributed by atoms with E-state index in [1.807, 2.05) is 0 Å². The topological polar surface area (TPSA) is 41.6 Å². The van der Waals surface area contributed by atoms with E-state index in [9.17, 15) is 13.6 Å². The Hall–Kier alpha value is -1.69. The molecule has 2 aliphatic rings. The number of fused-ring (bicyclic) bond motifs is 1. The van der Waals surface area contributed by atoms with Crippen LogP contribution >= 0.6 is 0 Å². The van der Waals surface area contributed by atoms with Crippen molar-refractivity contribution in [2.45, 2.75) is 12.5 Å². The second-order valence-corrected chi connectivity index (χ2v) is 5.22. The lowest BCUT2D eigenvalue weighted by molar-refractivity contribution is -0.134. The highest BCUT2D eigenvalue weighted by atomic mass is 19.1. The third-order valence-electron chi connectivity index (χ3n) is 4.01. The Kier molecular flexibility index (Phi) is 3.56. The number of amides is 1. The second kappa shape index (κ2) is 5.36. The molecule has 108 valence electrons. The number of benzene rings is 1. The minimum absolute atomic E-state index is 0.0972. The molecule has 0 radical (unpaired) electrons. The molecule has 0 aromatic heterocycles. The number of carbonyl (C=O) groups is 1. The molecule has 1 aromatic rings. The Morgan fingerprint density at radius 2 is 2.25 bits per heavy atom. The average molecular weight is 282 g/mol. The van der Waals surface area contributed by atoms with Crippen molar-refractivity contribution in [2.24, 2.45) is 5.92 Å². The molecule has 2 heterocycles. The van der Waals surface area contributed by atoms with E-state index in [0.717, 1.165) is 38.2 Å². The molecule has 2 fully saturated rings. The highest BCUT2D eigenvalue weighted by Crippen LogP contribution is 2.27. The first-order valence-electron chi connectivity index (χ1n) is 6.73. The summed E-state index contributed by atoms with van der Waals surface area (Å²) in [7, 11) is 0. The van der Waals surface area contributed by atoms with Crippen molar-refractivity contribution in [3.63, 3.8) is 0 Å². The van der Waals surface area contributed by atoms with Gasteiger partial charge in [-0.2, -0.15) is 0 Å². The number of hydrogen-bond donors (Lipinski definition) is 1. The van der Waals surface area contributed by atoms with Gasteiger partial charge >= 0.3 is 0 Å². The number of nitrogens with one attached hydrogen (secondary N) is 1. The van der Waals surface area contributed by atoms with Crippen LogP contribution < -0.4 is 10.1 Å². The maximum absolute atomic E-state index is 13.4. The van der Waals surface area contributed by atoms with Gasteiger partial charge in [0, 0.05) is 31.7 Å². The molecule has 1 N–H and O–H groups in total. The van der Waals surface area contributed by atoms with Crippen LogP contribution in [0.2, 0.25) is 0 Å². The van der Waals surface area contributed by atoms with Gasteiger partial charge in [0.25, 0.3) is 5.91 Å². The zero-order chi connectivity index (χ0) is 14.1. The third-order valence-corrected chi connectivity index (χ3v) is 4.01. The molecule has 0 spiro atoms. The Bertz CT molecular complexity index is 524. The number of carbonyl (C=O) groups excluding carboxylic acids is 1. The first-order chi connectivity index (χ1) is 9.65. The number of rotatable bonds is 3. The summed E-state index contributed by atoms with van der Waals surface area (Å²) in [5, 5.41) is 3.26. The molecular formula is C14H16F2N2O2. The molecule has 6 heteroatoms. The van der Waals surface area contributed by atoms with E-state index in [1.54, 1.807) is 4.90 Å². The molecule has 0 unspecified atom stereocenters. The zero-order valence-electron chi connectivity index (χ0n) is 10.9. The maximum atomic E-state index is 13.4. The van der Waals surface area contributed by atoms with Crippen molar-refractivity contribution < 1.29 is 18.3 Å². The van der Waals surface area contributed by atoms with Crippen molar-refractivity contribution in [3.8, 4) is 5.75 Å². The fraction of sp³-hybridized carbons (Fsp3) is 0.500. The standard InChI is InChI=1S/C14H16F2N2O2/c15-10-1-2-13(11(16)5-10)20-8-14(19)18-4-3-9-6-17-7-12(9)18/h1-2,5,9,12,17H,3-4,6-8H2/t9-,12+/m0/s1. The van der Waals surface area contributed by atoms with Crippen LogP contribution in [0, 0.1) is 17.6 Å². The van der Waals surface area contributed by atoms with E-state index in [1.165, 1.54) is 6.07 Å². The Morgan fingerprint density at radius 3 is 3.05 bits per heavy atom. The van der Waals surface area contributed by atoms with Crippen molar-refractivity contribution in [3.05, 3.63) is 29.8 Å². The van der Waals surface area contributed by atoms with Gasteiger partial charge in [0.2, 0.25) is 0 Å². The van der Waals surface area contributed by atoms with Crippen LogP contribution in [0.15, 0.2) is 18.2 Å². The van der Waals surface area contributed by atoms with Crippen LogP contribution in [-0.4, -0.2) is 43.1 Å². The molecule has 3 rings (SSSR count). The van der Waals surface area contributed by atoms with Gasteiger partial charge in [-0.25, -0.2) is 8.78 Å². The number of halogens is 2. The quantitative estimate of drug-likeness (QED) is 0.904. The normalized spacial score (nSPS) is 24.8. The SMILES string of the molecule is O=C(COc1ccc(F)cc1F)N1CC[C@H]2CNC[C@H]21. The van der Waals surface area contributed by atoms with Gasteiger partial charge < -0.3 is 15.0 Å². The van der Waals surface area contributed by atoms with Crippen LogP contribution in [-0.2, 0) is 4.79 Å². The Morgan fingerprint density at radius 1 is 1.40 bits per heavy atom. The van der Waals surface area contributed by atoms with Gasteiger partial charge in [0.1, 0.15) is 5.82 Å². The maximum Gasteiger partial charge on any atom is 0.260 e. The number of hydrogen-bond acceptors (Lipinski definition) is 3. The summed E-state index contributed by atoms with van der Waals surface area (Å²) >= 11 is 0. The summed E-state index contributed by atoms with van der Waals surface area (Å²) < 4.78 is 31.3. The van der Waals surface area contributed by atoms with Gasteiger partial charge in [-0.15, -0.1) is 0 Å². The average Bonchev–Trinajstić information content (AvgIpc) is 2.99. The molecule has 1 amide bonds. The number of ether oxygens (including phenoxy) is 1. The minimum Gasteiger partial charge on any atom is -0.481 e. The van der Waals surface area contributed by atoms with E-state index in [2.05, 4.69) is 5.32 Å². The van der Waals surface area contributed by atoms with Crippen molar-refractivity contribution in [2.75, 3.05) is 26.2 Å². The molecule has 0 aliphatic carbocycles. The highest BCUT2D eigenvalue weighted by Gasteiger charge is 2.39. The first-order valence-corrected chi connectivity index (χ1v) is 6.73. The molecule has 20 heavy (non-hydrogen) atoms. The van der Waals surface area contributed by atoms with Crippen LogP contribution in [0.4, 0.5) is 8.78 Å². The van der Waals surface area contributed by atoms with Crippen LogP contribution in [0.25, 0.3) is 0 Å². The lowest BCUT2D eigenvalue weighted by Gasteiger charge is -2.23. The predicted molar refractivity (Wildman–Crippen MR) is 68.3 cm³/mol. The summed E-state index contributed by atoms with van der Waals surface area (Å²) in [5.41, 5.74) is 0. The highest BCUT2D eigenvalue weighted by molar-refractivity contribution is 5.78.